The molecule has 1 aliphatic heterocycles. The molecule has 0 amide bonds. The Bertz CT molecular complexity index is 576. The Labute approximate surface area is 138 Å². The van der Waals surface area contributed by atoms with E-state index in [1.165, 1.54) is 24.1 Å². The lowest BCUT2D eigenvalue weighted by Gasteiger charge is -2.32. The molecular formula is C18H26N4O. The Morgan fingerprint density at radius 3 is 2.87 bits per heavy atom. The van der Waals surface area contributed by atoms with Crippen LogP contribution in [0.1, 0.15) is 24.2 Å². The summed E-state index contributed by atoms with van der Waals surface area (Å²) in [4.78, 5) is 6.58. The summed E-state index contributed by atoms with van der Waals surface area (Å²) in [7, 11) is 0. The van der Waals surface area contributed by atoms with Crippen molar-refractivity contribution >= 4 is 5.69 Å². The summed E-state index contributed by atoms with van der Waals surface area (Å²) in [6.45, 7) is 7.21. The molecule has 3 heterocycles. The number of piperidine rings is 1. The minimum Gasteiger partial charge on any atom is -0.468 e. The number of pyridine rings is 1. The molecule has 0 bridgehead atoms. The van der Waals surface area contributed by atoms with E-state index in [-0.39, 0.29) is 0 Å². The topological polar surface area (TPSA) is 53.3 Å². The van der Waals surface area contributed by atoms with Gasteiger partial charge in [0.05, 0.1) is 12.8 Å². The number of aromatic nitrogens is 1. The quantitative estimate of drug-likeness (QED) is 0.770. The van der Waals surface area contributed by atoms with Crippen LogP contribution in [0.4, 0.5) is 5.69 Å². The van der Waals surface area contributed by atoms with Crippen LogP contribution in [0.25, 0.3) is 0 Å². The van der Waals surface area contributed by atoms with E-state index in [9.17, 15) is 0 Å². The van der Waals surface area contributed by atoms with Gasteiger partial charge in [-0.15, -0.1) is 0 Å². The van der Waals surface area contributed by atoms with E-state index < -0.39 is 0 Å². The van der Waals surface area contributed by atoms with Crippen molar-refractivity contribution in [2.75, 3.05) is 31.5 Å². The molecule has 0 radical (unpaired) electrons. The Balaban J connectivity index is 1.31. The highest BCUT2D eigenvalue weighted by molar-refractivity contribution is 5.48. The molecule has 0 aromatic carbocycles. The average molecular weight is 314 g/mol. The summed E-state index contributed by atoms with van der Waals surface area (Å²) in [5.41, 5.74) is 2.37. The van der Waals surface area contributed by atoms with Crippen LogP contribution in [0.15, 0.2) is 41.3 Å². The second kappa shape index (κ2) is 8.13. The molecule has 0 atom stereocenters. The van der Waals surface area contributed by atoms with E-state index >= 15 is 0 Å². The first-order chi connectivity index (χ1) is 11.3. The van der Waals surface area contributed by atoms with Gasteiger partial charge in [0.15, 0.2) is 0 Å². The molecule has 124 valence electrons. The highest BCUT2D eigenvalue weighted by Crippen LogP contribution is 2.14. The zero-order valence-electron chi connectivity index (χ0n) is 13.8. The molecule has 0 saturated carbocycles. The largest absolute Gasteiger partial charge is 0.468 e. The third-order valence-electron chi connectivity index (χ3n) is 4.44. The molecule has 1 saturated heterocycles. The molecule has 0 aliphatic carbocycles. The summed E-state index contributed by atoms with van der Waals surface area (Å²) in [5, 5.41) is 7.13. The molecule has 5 heteroatoms. The lowest BCUT2D eigenvalue weighted by Crippen LogP contribution is -2.43. The number of nitrogens with zero attached hydrogens (tertiary/aromatic N) is 2. The van der Waals surface area contributed by atoms with E-state index in [0.29, 0.717) is 6.04 Å². The second-order valence-corrected chi connectivity index (χ2v) is 6.20. The number of nitrogens with one attached hydrogen (secondary N) is 2. The number of aryl methyl sites for hydroxylation is 1. The van der Waals surface area contributed by atoms with Crippen LogP contribution >= 0.6 is 0 Å². The maximum absolute atomic E-state index is 5.42. The minimum absolute atomic E-state index is 0.628. The zero-order valence-corrected chi connectivity index (χ0v) is 13.8. The molecule has 1 fully saturated rings. The molecule has 2 aromatic rings. The van der Waals surface area contributed by atoms with Gasteiger partial charge in [0.1, 0.15) is 5.76 Å². The van der Waals surface area contributed by atoms with Crippen molar-refractivity contribution in [2.24, 2.45) is 0 Å². The van der Waals surface area contributed by atoms with Crippen LogP contribution in [0.5, 0.6) is 0 Å². The van der Waals surface area contributed by atoms with Crippen LogP contribution in [0.2, 0.25) is 0 Å². The molecule has 2 N–H and O–H groups in total. The Morgan fingerprint density at radius 2 is 2.13 bits per heavy atom. The fourth-order valence-corrected chi connectivity index (χ4v) is 3.06. The number of rotatable bonds is 7. The highest BCUT2D eigenvalue weighted by atomic mass is 16.3. The monoisotopic (exact) mass is 314 g/mol. The van der Waals surface area contributed by atoms with Crippen LogP contribution in [0.3, 0.4) is 0 Å². The van der Waals surface area contributed by atoms with Crippen LogP contribution in [-0.2, 0) is 6.54 Å². The van der Waals surface area contributed by atoms with Crippen molar-refractivity contribution in [1.29, 1.82) is 0 Å². The summed E-state index contributed by atoms with van der Waals surface area (Å²) in [6.07, 6.45) is 7.88. The molecule has 5 nitrogen and oxygen atoms in total. The van der Waals surface area contributed by atoms with Gasteiger partial charge in [0.25, 0.3) is 0 Å². The maximum Gasteiger partial charge on any atom is 0.117 e. The van der Waals surface area contributed by atoms with Crippen LogP contribution in [0, 0.1) is 6.92 Å². The second-order valence-electron chi connectivity index (χ2n) is 6.20. The lowest BCUT2D eigenvalue weighted by atomic mass is 10.0. The summed E-state index contributed by atoms with van der Waals surface area (Å²) >= 11 is 0. The number of furan rings is 1. The fourth-order valence-electron chi connectivity index (χ4n) is 3.06. The molecule has 2 aromatic heterocycles. The lowest BCUT2D eigenvalue weighted by molar-refractivity contribution is 0.179. The van der Waals surface area contributed by atoms with Crippen LogP contribution < -0.4 is 10.6 Å². The average Bonchev–Trinajstić information content (AvgIpc) is 3.08. The van der Waals surface area contributed by atoms with E-state index in [2.05, 4.69) is 33.5 Å². The van der Waals surface area contributed by atoms with E-state index in [0.717, 1.165) is 38.5 Å². The van der Waals surface area contributed by atoms with Crippen molar-refractivity contribution in [3.63, 3.8) is 0 Å². The molecular weight excluding hydrogens is 288 g/mol. The molecule has 3 rings (SSSR count). The maximum atomic E-state index is 5.42. The number of hydrogen-bond donors (Lipinski definition) is 2. The fraction of sp³-hybridized carbons (Fsp3) is 0.500. The van der Waals surface area contributed by atoms with E-state index in [1.54, 1.807) is 6.26 Å². The summed E-state index contributed by atoms with van der Waals surface area (Å²) < 4.78 is 5.42. The third kappa shape index (κ3) is 4.81. The number of likely N-dealkylation sites (tertiary alicyclic amines) is 1. The van der Waals surface area contributed by atoms with Gasteiger partial charge < -0.3 is 15.1 Å². The van der Waals surface area contributed by atoms with Crippen molar-refractivity contribution < 1.29 is 4.42 Å². The number of anilines is 1. The molecule has 0 spiro atoms. The Kier molecular flexibility index (Phi) is 5.66. The van der Waals surface area contributed by atoms with Crippen molar-refractivity contribution in [3.8, 4) is 0 Å². The predicted molar refractivity (Wildman–Crippen MR) is 92.5 cm³/mol. The first kappa shape index (κ1) is 16.0. The Hall–Kier alpha value is -1.85. The SMILES string of the molecule is Cc1cnccc1NCCNC1CCN(Cc2ccco2)CC1. The van der Waals surface area contributed by atoms with Crippen molar-refractivity contribution in [1.82, 2.24) is 15.2 Å². The van der Waals surface area contributed by atoms with Gasteiger partial charge in [0.2, 0.25) is 0 Å². The van der Waals surface area contributed by atoms with Gasteiger partial charge in [-0.05, 0) is 43.5 Å². The van der Waals surface area contributed by atoms with Crippen LogP contribution in [-0.4, -0.2) is 42.1 Å². The minimum atomic E-state index is 0.628. The van der Waals surface area contributed by atoms with Crippen molar-refractivity contribution in [2.45, 2.75) is 32.4 Å². The predicted octanol–water partition coefficient (Wildman–Crippen LogP) is 2.65. The van der Waals surface area contributed by atoms with Gasteiger partial charge in [-0.25, -0.2) is 0 Å². The summed E-state index contributed by atoms with van der Waals surface area (Å²) in [5.74, 6) is 1.06. The molecule has 23 heavy (non-hydrogen) atoms. The van der Waals surface area contributed by atoms with E-state index in [1.807, 2.05) is 24.5 Å². The highest BCUT2D eigenvalue weighted by Gasteiger charge is 2.19. The summed E-state index contributed by atoms with van der Waals surface area (Å²) in [6, 6.07) is 6.67. The van der Waals surface area contributed by atoms with Gasteiger partial charge in [0, 0.05) is 50.3 Å². The third-order valence-corrected chi connectivity index (χ3v) is 4.44. The van der Waals surface area contributed by atoms with Gasteiger partial charge in [-0.1, -0.05) is 0 Å². The molecule has 0 unspecified atom stereocenters. The van der Waals surface area contributed by atoms with Crippen molar-refractivity contribution in [3.05, 3.63) is 48.2 Å². The Morgan fingerprint density at radius 1 is 1.26 bits per heavy atom. The van der Waals surface area contributed by atoms with Gasteiger partial charge in [-0.3, -0.25) is 9.88 Å². The normalized spacial score (nSPS) is 16.6. The van der Waals surface area contributed by atoms with Gasteiger partial charge >= 0.3 is 0 Å². The number of hydrogen-bond acceptors (Lipinski definition) is 5. The molecule has 1 aliphatic rings. The standard InChI is InChI=1S/C18H26N4O/c1-15-13-19-7-4-18(15)21-9-8-20-16-5-10-22(11-6-16)14-17-3-2-12-23-17/h2-4,7,12-13,16,20H,5-6,8-11,14H2,1H3,(H,19,21). The smallest absolute Gasteiger partial charge is 0.117 e. The van der Waals surface area contributed by atoms with E-state index in [4.69, 9.17) is 4.42 Å². The van der Waals surface area contributed by atoms with Gasteiger partial charge in [-0.2, -0.15) is 0 Å². The zero-order chi connectivity index (χ0) is 15.9. The first-order valence-corrected chi connectivity index (χ1v) is 8.44. The first-order valence-electron chi connectivity index (χ1n) is 8.44.